The lowest BCUT2D eigenvalue weighted by Crippen LogP contribution is -2.32. The molecule has 0 unspecified atom stereocenters. The zero-order valence-electron chi connectivity index (χ0n) is 21.8. The average molecular weight is 509 g/mol. The zero-order valence-corrected chi connectivity index (χ0v) is 21.8. The highest BCUT2D eigenvalue weighted by molar-refractivity contribution is 6.13. The molecule has 186 valence electrons. The minimum Gasteiger partial charge on any atom is -0.457 e. The molecule has 40 heavy (non-hydrogen) atoms. The van der Waals surface area contributed by atoms with Gasteiger partial charge in [-0.25, -0.2) is 0 Å². The molecule has 0 N–H and O–H groups in total. The van der Waals surface area contributed by atoms with Crippen LogP contribution < -0.4 is 4.74 Å². The molecule has 0 bridgehead atoms. The van der Waals surface area contributed by atoms with Crippen LogP contribution >= 0.6 is 0 Å². The predicted molar refractivity (Wildman–Crippen MR) is 164 cm³/mol. The molecule has 0 amide bonds. The van der Waals surface area contributed by atoms with Crippen LogP contribution in [0, 0.1) is 0 Å². The Morgan fingerprint density at radius 3 is 1.73 bits per heavy atom. The Bertz CT molecular complexity index is 2110. The van der Waals surface area contributed by atoms with Crippen LogP contribution in [0.25, 0.3) is 43.8 Å². The van der Waals surface area contributed by atoms with Gasteiger partial charge in [0.2, 0.25) is 0 Å². The number of rotatable bonds is 1. The number of hydrogen-bond acceptors (Lipinski definition) is 1. The standard InChI is InChI=1S/C39H24O/c1-2-12-27-25(11-1)23-32(29-14-4-3-13-28(27)29)26-21-22-36-38(24-26)40-37-20-10-9-19-35(37)39(36)33-17-7-5-15-30(33)31-16-6-8-18-34(31)39/h1-24H. The fraction of sp³-hybridized carbons (Fsp3) is 0.0256. The van der Waals surface area contributed by atoms with Gasteiger partial charge in [-0.05, 0) is 73.1 Å². The highest BCUT2D eigenvalue weighted by atomic mass is 16.5. The molecule has 1 heteroatoms. The molecule has 1 aliphatic carbocycles. The van der Waals surface area contributed by atoms with E-state index in [9.17, 15) is 0 Å². The minimum absolute atomic E-state index is 0.429. The zero-order chi connectivity index (χ0) is 26.3. The highest BCUT2D eigenvalue weighted by Crippen LogP contribution is 2.62. The Balaban J connectivity index is 1.36. The van der Waals surface area contributed by atoms with Gasteiger partial charge in [0.25, 0.3) is 0 Å². The van der Waals surface area contributed by atoms with E-state index in [-0.39, 0.29) is 0 Å². The van der Waals surface area contributed by atoms with Crippen molar-refractivity contribution in [3.63, 3.8) is 0 Å². The molecule has 1 nitrogen and oxygen atoms in total. The van der Waals surface area contributed by atoms with Crippen LogP contribution in [0.5, 0.6) is 11.5 Å². The molecule has 0 fully saturated rings. The molecule has 0 radical (unpaired) electrons. The maximum absolute atomic E-state index is 6.76. The molecule has 1 spiro atoms. The number of para-hydroxylation sites is 1. The third-order valence-electron chi connectivity index (χ3n) is 8.93. The SMILES string of the molecule is c1ccc2c(c1)Oc1cc(-c3cc4ccccc4c4ccccc34)ccc1C21c2ccccc2-c2ccccc21. The fourth-order valence-corrected chi connectivity index (χ4v) is 7.32. The summed E-state index contributed by atoms with van der Waals surface area (Å²) in [5, 5.41) is 5.05. The van der Waals surface area contributed by atoms with Crippen LogP contribution in [0.15, 0.2) is 146 Å². The van der Waals surface area contributed by atoms with Crippen LogP contribution in [0.1, 0.15) is 22.3 Å². The minimum atomic E-state index is -0.429. The second-order valence-corrected chi connectivity index (χ2v) is 10.8. The topological polar surface area (TPSA) is 9.23 Å². The van der Waals surface area contributed by atoms with Gasteiger partial charge in [-0.3, -0.25) is 0 Å². The Morgan fingerprint density at radius 1 is 0.375 bits per heavy atom. The Hall–Kier alpha value is -5.14. The molecule has 0 saturated heterocycles. The lowest BCUT2D eigenvalue weighted by Gasteiger charge is -2.39. The molecule has 0 aromatic heterocycles. The Labute approximate surface area is 232 Å². The molecular formula is C39H24O. The van der Waals surface area contributed by atoms with Crippen molar-refractivity contribution in [3.05, 3.63) is 168 Å². The van der Waals surface area contributed by atoms with Gasteiger partial charge < -0.3 is 4.74 Å². The van der Waals surface area contributed by atoms with Crippen LogP contribution in [0.4, 0.5) is 0 Å². The van der Waals surface area contributed by atoms with E-state index in [1.54, 1.807) is 0 Å². The summed E-state index contributed by atoms with van der Waals surface area (Å²) in [6, 6.07) is 52.9. The summed E-state index contributed by atoms with van der Waals surface area (Å²) in [6.07, 6.45) is 0. The van der Waals surface area contributed by atoms with E-state index >= 15 is 0 Å². The van der Waals surface area contributed by atoms with Crippen LogP contribution in [0.2, 0.25) is 0 Å². The smallest absolute Gasteiger partial charge is 0.132 e. The van der Waals surface area contributed by atoms with Crippen molar-refractivity contribution in [1.29, 1.82) is 0 Å². The Kier molecular flexibility index (Phi) is 4.32. The quantitative estimate of drug-likeness (QED) is 0.200. The van der Waals surface area contributed by atoms with E-state index in [0.29, 0.717) is 0 Å². The number of hydrogen-bond donors (Lipinski definition) is 0. The maximum atomic E-state index is 6.76. The van der Waals surface area contributed by atoms with Gasteiger partial charge in [-0.15, -0.1) is 0 Å². The van der Waals surface area contributed by atoms with E-state index in [0.717, 1.165) is 17.1 Å². The van der Waals surface area contributed by atoms with Crippen molar-refractivity contribution in [2.45, 2.75) is 5.41 Å². The van der Waals surface area contributed by atoms with Crippen molar-refractivity contribution in [3.8, 4) is 33.8 Å². The van der Waals surface area contributed by atoms with Crippen LogP contribution in [-0.4, -0.2) is 0 Å². The number of ether oxygens (including phenoxy) is 1. The summed E-state index contributed by atoms with van der Waals surface area (Å²) in [6.45, 7) is 0. The van der Waals surface area contributed by atoms with Crippen molar-refractivity contribution in [1.82, 2.24) is 0 Å². The first-order valence-electron chi connectivity index (χ1n) is 13.9. The Morgan fingerprint density at radius 2 is 0.950 bits per heavy atom. The van der Waals surface area contributed by atoms with Crippen LogP contribution in [-0.2, 0) is 5.41 Å². The largest absolute Gasteiger partial charge is 0.457 e. The van der Waals surface area contributed by atoms with E-state index in [1.165, 1.54) is 60.5 Å². The molecule has 9 rings (SSSR count). The van der Waals surface area contributed by atoms with Gasteiger partial charge in [0.1, 0.15) is 11.5 Å². The van der Waals surface area contributed by atoms with E-state index < -0.39 is 5.41 Å². The second kappa shape index (κ2) is 7.94. The third-order valence-corrected chi connectivity index (χ3v) is 8.93. The molecule has 7 aromatic rings. The summed E-state index contributed by atoms with van der Waals surface area (Å²) in [5.41, 5.74) is 9.57. The van der Waals surface area contributed by atoms with E-state index in [4.69, 9.17) is 4.74 Å². The first-order valence-corrected chi connectivity index (χ1v) is 13.9. The number of fused-ring (bicyclic) bond motifs is 12. The average Bonchev–Trinajstić information content (AvgIpc) is 3.31. The van der Waals surface area contributed by atoms with Crippen molar-refractivity contribution >= 4 is 21.5 Å². The van der Waals surface area contributed by atoms with Gasteiger partial charge in [0.15, 0.2) is 0 Å². The summed E-state index contributed by atoms with van der Waals surface area (Å²) in [4.78, 5) is 0. The summed E-state index contributed by atoms with van der Waals surface area (Å²) in [5.74, 6) is 1.84. The molecule has 0 atom stereocenters. The normalized spacial score (nSPS) is 13.9. The van der Waals surface area contributed by atoms with E-state index in [1.807, 2.05) is 0 Å². The molecule has 2 aliphatic rings. The summed E-state index contributed by atoms with van der Waals surface area (Å²) < 4.78 is 6.76. The van der Waals surface area contributed by atoms with Crippen molar-refractivity contribution < 1.29 is 4.74 Å². The predicted octanol–water partition coefficient (Wildman–Crippen LogP) is 10.1. The lowest BCUT2D eigenvalue weighted by atomic mass is 9.66. The van der Waals surface area contributed by atoms with Crippen LogP contribution in [0.3, 0.4) is 0 Å². The van der Waals surface area contributed by atoms with Gasteiger partial charge in [0.05, 0.1) is 5.41 Å². The highest BCUT2D eigenvalue weighted by Gasteiger charge is 2.50. The lowest BCUT2D eigenvalue weighted by molar-refractivity contribution is 0.436. The maximum Gasteiger partial charge on any atom is 0.132 e. The first-order chi connectivity index (χ1) is 19.8. The molecular weight excluding hydrogens is 484 g/mol. The first kappa shape index (κ1) is 21.8. The fourth-order valence-electron chi connectivity index (χ4n) is 7.32. The molecule has 7 aromatic carbocycles. The molecule has 1 aliphatic heterocycles. The molecule has 1 heterocycles. The van der Waals surface area contributed by atoms with Crippen molar-refractivity contribution in [2.75, 3.05) is 0 Å². The number of benzene rings is 7. The van der Waals surface area contributed by atoms with Gasteiger partial charge in [-0.2, -0.15) is 0 Å². The summed E-state index contributed by atoms with van der Waals surface area (Å²) >= 11 is 0. The molecule has 0 saturated carbocycles. The van der Waals surface area contributed by atoms with Gasteiger partial charge in [-0.1, -0.05) is 127 Å². The van der Waals surface area contributed by atoms with Crippen molar-refractivity contribution in [2.24, 2.45) is 0 Å². The third kappa shape index (κ3) is 2.71. The second-order valence-electron chi connectivity index (χ2n) is 10.8. The monoisotopic (exact) mass is 508 g/mol. The summed E-state index contributed by atoms with van der Waals surface area (Å²) in [7, 11) is 0. The van der Waals surface area contributed by atoms with E-state index in [2.05, 4.69) is 146 Å². The van der Waals surface area contributed by atoms with Gasteiger partial charge in [0, 0.05) is 11.1 Å². The van der Waals surface area contributed by atoms with Gasteiger partial charge >= 0.3 is 0 Å².